The van der Waals surface area contributed by atoms with Crippen LogP contribution in [-0.4, -0.2) is 27.6 Å². The first-order valence-corrected chi connectivity index (χ1v) is 12.6. The first-order chi connectivity index (χ1) is 15.5. The van der Waals surface area contributed by atoms with E-state index in [0.29, 0.717) is 29.1 Å². The molecule has 3 aromatic carbocycles. The molecule has 0 aliphatic carbocycles. The molecule has 5 nitrogen and oxygen atoms in total. The summed E-state index contributed by atoms with van der Waals surface area (Å²) < 4.78 is 34.7. The van der Waals surface area contributed by atoms with E-state index in [0.717, 1.165) is 18.5 Å². The van der Waals surface area contributed by atoms with Crippen LogP contribution < -0.4 is 14.4 Å². The number of para-hydroxylation sites is 2. The molecule has 0 amide bonds. The smallest absolute Gasteiger partial charge is 0.264 e. The van der Waals surface area contributed by atoms with E-state index in [1.54, 1.807) is 24.3 Å². The maximum atomic E-state index is 13.6. The minimum absolute atomic E-state index is 0.160. The number of ether oxygens (including phenoxy) is 1. The van der Waals surface area contributed by atoms with Gasteiger partial charge in [-0.1, -0.05) is 48.0 Å². The highest BCUT2D eigenvalue weighted by molar-refractivity contribution is 7.92. The second kappa shape index (κ2) is 10.4. The lowest BCUT2D eigenvalue weighted by atomic mass is 10.1. The van der Waals surface area contributed by atoms with Crippen LogP contribution in [0.2, 0.25) is 5.02 Å². The summed E-state index contributed by atoms with van der Waals surface area (Å²) in [5, 5.41) is 3.97. The molecule has 1 saturated heterocycles. The molecule has 7 heteroatoms. The fourth-order valence-corrected chi connectivity index (χ4v) is 5.46. The molecule has 3 aromatic rings. The van der Waals surface area contributed by atoms with Crippen LogP contribution >= 0.6 is 11.6 Å². The van der Waals surface area contributed by atoms with Gasteiger partial charge in [0.2, 0.25) is 0 Å². The summed E-state index contributed by atoms with van der Waals surface area (Å²) in [4.78, 5) is 0.191. The fraction of sp³-hybridized carbons (Fsp3) is 0.280. The van der Waals surface area contributed by atoms with Crippen molar-refractivity contribution in [3.8, 4) is 5.75 Å². The molecule has 1 aliphatic heterocycles. The van der Waals surface area contributed by atoms with Gasteiger partial charge < -0.3 is 10.1 Å². The highest BCUT2D eigenvalue weighted by Crippen LogP contribution is 2.29. The van der Waals surface area contributed by atoms with Gasteiger partial charge in [-0.25, -0.2) is 8.42 Å². The number of rotatable bonds is 9. The van der Waals surface area contributed by atoms with Crippen molar-refractivity contribution < 1.29 is 13.2 Å². The lowest BCUT2D eigenvalue weighted by Gasteiger charge is -2.26. The van der Waals surface area contributed by atoms with E-state index in [1.165, 1.54) is 29.3 Å². The average Bonchev–Trinajstić information content (AvgIpc) is 3.33. The molecular weight excluding hydrogens is 444 g/mol. The Kier molecular flexibility index (Phi) is 7.35. The topological polar surface area (TPSA) is 58.6 Å². The van der Waals surface area contributed by atoms with Crippen LogP contribution in [0.15, 0.2) is 83.8 Å². The fourth-order valence-electron chi connectivity index (χ4n) is 3.89. The Morgan fingerprint density at radius 3 is 2.41 bits per heavy atom. The van der Waals surface area contributed by atoms with Crippen molar-refractivity contribution in [3.63, 3.8) is 0 Å². The number of benzene rings is 3. The zero-order valence-corrected chi connectivity index (χ0v) is 19.4. The maximum absolute atomic E-state index is 13.6. The number of nitrogens with one attached hydrogen (secondary N) is 1. The Morgan fingerprint density at radius 1 is 0.969 bits per heavy atom. The third kappa shape index (κ3) is 5.44. The number of halogens is 1. The SMILES string of the molecule is O=S(=O)(c1ccc(Cl)cc1)N(Cc1ccccc1OCCC1CCCN1)c1ccccc1. The van der Waals surface area contributed by atoms with Crippen LogP contribution in [-0.2, 0) is 16.6 Å². The van der Waals surface area contributed by atoms with Gasteiger partial charge in [0.15, 0.2) is 0 Å². The Balaban J connectivity index is 1.60. The summed E-state index contributed by atoms with van der Waals surface area (Å²) in [6.07, 6.45) is 3.31. The molecule has 0 bridgehead atoms. The summed E-state index contributed by atoms with van der Waals surface area (Å²) in [6.45, 7) is 1.81. The minimum atomic E-state index is -3.81. The maximum Gasteiger partial charge on any atom is 0.264 e. The van der Waals surface area contributed by atoms with Gasteiger partial charge in [0.1, 0.15) is 5.75 Å². The number of hydrogen-bond acceptors (Lipinski definition) is 4. The molecule has 32 heavy (non-hydrogen) atoms. The predicted octanol–water partition coefficient (Wildman–Crippen LogP) is 5.26. The first kappa shape index (κ1) is 22.6. The summed E-state index contributed by atoms with van der Waals surface area (Å²) in [7, 11) is -3.81. The summed E-state index contributed by atoms with van der Waals surface area (Å²) in [5.41, 5.74) is 1.40. The van der Waals surface area contributed by atoms with E-state index in [4.69, 9.17) is 16.3 Å². The molecule has 1 N–H and O–H groups in total. The van der Waals surface area contributed by atoms with Gasteiger partial charge in [-0.3, -0.25) is 4.31 Å². The lowest BCUT2D eigenvalue weighted by Crippen LogP contribution is -2.30. The third-order valence-electron chi connectivity index (χ3n) is 5.62. The van der Waals surface area contributed by atoms with Crippen LogP contribution in [0.4, 0.5) is 5.69 Å². The van der Waals surface area contributed by atoms with Crippen LogP contribution in [0.1, 0.15) is 24.8 Å². The van der Waals surface area contributed by atoms with Crippen LogP contribution in [0, 0.1) is 0 Å². The molecule has 0 spiro atoms. The molecule has 1 aliphatic rings. The van der Waals surface area contributed by atoms with Crippen LogP contribution in [0.5, 0.6) is 5.75 Å². The van der Waals surface area contributed by atoms with E-state index in [-0.39, 0.29) is 11.4 Å². The van der Waals surface area contributed by atoms with Crippen LogP contribution in [0.3, 0.4) is 0 Å². The van der Waals surface area contributed by atoms with E-state index >= 15 is 0 Å². The standard InChI is InChI=1S/C25H27ClN2O3S/c26-21-12-14-24(15-13-21)32(29,30)28(23-9-2-1-3-10-23)19-20-7-4-5-11-25(20)31-18-16-22-8-6-17-27-22/h1-5,7,9-15,22,27H,6,8,16-19H2. The molecule has 4 rings (SSSR count). The largest absolute Gasteiger partial charge is 0.493 e. The van der Waals surface area contributed by atoms with E-state index in [1.807, 2.05) is 42.5 Å². The van der Waals surface area contributed by atoms with E-state index < -0.39 is 10.0 Å². The second-order valence-corrected chi connectivity index (χ2v) is 10.1. The zero-order chi connectivity index (χ0) is 22.4. The third-order valence-corrected chi connectivity index (χ3v) is 7.66. The van der Waals surface area contributed by atoms with Crippen molar-refractivity contribution in [2.24, 2.45) is 0 Å². The Labute approximate surface area is 195 Å². The summed E-state index contributed by atoms with van der Waals surface area (Å²) in [6, 6.07) is 23.5. The van der Waals surface area contributed by atoms with Crippen molar-refractivity contribution in [3.05, 3.63) is 89.4 Å². The molecular formula is C25H27ClN2O3S. The summed E-state index contributed by atoms with van der Waals surface area (Å²) in [5.74, 6) is 0.706. The van der Waals surface area contributed by atoms with E-state index in [2.05, 4.69) is 5.32 Å². The van der Waals surface area contributed by atoms with Crippen molar-refractivity contribution in [2.45, 2.75) is 36.7 Å². The normalized spacial score (nSPS) is 16.1. The quantitative estimate of drug-likeness (QED) is 0.463. The van der Waals surface area contributed by atoms with Crippen LogP contribution in [0.25, 0.3) is 0 Å². The second-order valence-electron chi connectivity index (χ2n) is 7.84. The monoisotopic (exact) mass is 470 g/mol. The van der Waals surface area contributed by atoms with Gasteiger partial charge >= 0.3 is 0 Å². The van der Waals surface area contributed by atoms with Crippen molar-refractivity contribution >= 4 is 27.3 Å². The minimum Gasteiger partial charge on any atom is -0.493 e. The van der Waals surface area contributed by atoms with Crippen molar-refractivity contribution in [1.82, 2.24) is 5.32 Å². The first-order valence-electron chi connectivity index (χ1n) is 10.8. The highest BCUT2D eigenvalue weighted by atomic mass is 35.5. The molecule has 168 valence electrons. The number of hydrogen-bond donors (Lipinski definition) is 1. The molecule has 0 radical (unpaired) electrons. The van der Waals surface area contributed by atoms with Gasteiger partial charge in [-0.2, -0.15) is 0 Å². The van der Waals surface area contributed by atoms with Crippen molar-refractivity contribution in [1.29, 1.82) is 0 Å². The molecule has 1 unspecified atom stereocenters. The van der Waals surface area contributed by atoms with Crippen molar-refractivity contribution in [2.75, 3.05) is 17.5 Å². The number of nitrogens with zero attached hydrogens (tertiary/aromatic N) is 1. The predicted molar refractivity (Wildman–Crippen MR) is 129 cm³/mol. The molecule has 0 aromatic heterocycles. The Hall–Kier alpha value is -2.54. The van der Waals surface area contributed by atoms with Gasteiger partial charge in [0.25, 0.3) is 10.0 Å². The zero-order valence-electron chi connectivity index (χ0n) is 17.8. The number of sulfonamides is 1. The molecule has 1 heterocycles. The van der Waals surface area contributed by atoms with Gasteiger partial charge in [0, 0.05) is 16.6 Å². The van der Waals surface area contributed by atoms with E-state index in [9.17, 15) is 8.42 Å². The van der Waals surface area contributed by atoms with Gasteiger partial charge in [-0.15, -0.1) is 0 Å². The average molecular weight is 471 g/mol. The number of anilines is 1. The molecule has 1 atom stereocenters. The molecule has 0 saturated carbocycles. The lowest BCUT2D eigenvalue weighted by molar-refractivity contribution is 0.289. The summed E-state index contributed by atoms with van der Waals surface area (Å²) >= 11 is 5.97. The van der Waals surface area contributed by atoms with Gasteiger partial charge in [-0.05, 0) is 68.3 Å². The highest BCUT2D eigenvalue weighted by Gasteiger charge is 2.26. The Bertz CT molecular complexity index is 1120. The van der Waals surface area contributed by atoms with Gasteiger partial charge in [0.05, 0.1) is 23.7 Å². The Morgan fingerprint density at radius 2 is 1.69 bits per heavy atom. The molecule has 1 fully saturated rings.